The van der Waals surface area contributed by atoms with Crippen molar-refractivity contribution in [1.82, 2.24) is 18.7 Å². The minimum atomic E-state index is -0.285. The second kappa shape index (κ2) is 6.04. The molecule has 1 saturated carbocycles. The molecule has 136 valence electrons. The van der Waals surface area contributed by atoms with Gasteiger partial charge in [-0.15, -0.1) is 0 Å². The third-order valence-corrected chi connectivity index (χ3v) is 5.80. The van der Waals surface area contributed by atoms with Crippen LogP contribution < -0.4 is 16.1 Å². The lowest BCUT2D eigenvalue weighted by Gasteiger charge is -2.40. The molecule has 1 unspecified atom stereocenters. The van der Waals surface area contributed by atoms with Gasteiger partial charge in [-0.1, -0.05) is 26.2 Å². The van der Waals surface area contributed by atoms with Gasteiger partial charge in [0.15, 0.2) is 11.2 Å². The van der Waals surface area contributed by atoms with Gasteiger partial charge in [-0.25, -0.2) is 4.79 Å². The van der Waals surface area contributed by atoms with E-state index in [-0.39, 0.29) is 11.2 Å². The Morgan fingerprint density at radius 3 is 2.52 bits per heavy atom. The average molecular weight is 345 g/mol. The van der Waals surface area contributed by atoms with Gasteiger partial charge in [0.05, 0.1) is 0 Å². The molecule has 0 amide bonds. The molecule has 0 saturated heterocycles. The first-order chi connectivity index (χ1) is 12.0. The first kappa shape index (κ1) is 16.4. The van der Waals surface area contributed by atoms with E-state index in [4.69, 9.17) is 4.98 Å². The Morgan fingerprint density at radius 1 is 1.12 bits per heavy atom. The summed E-state index contributed by atoms with van der Waals surface area (Å²) in [5.41, 5.74) is 0.598. The van der Waals surface area contributed by atoms with Gasteiger partial charge in [0.1, 0.15) is 0 Å². The van der Waals surface area contributed by atoms with Crippen LogP contribution in [0, 0.1) is 5.92 Å². The zero-order valence-electron chi connectivity index (χ0n) is 15.4. The first-order valence-electron chi connectivity index (χ1n) is 9.49. The highest BCUT2D eigenvalue weighted by atomic mass is 16.2. The van der Waals surface area contributed by atoms with E-state index in [2.05, 4.69) is 16.4 Å². The number of hydrogen-bond donors (Lipinski definition) is 0. The van der Waals surface area contributed by atoms with Gasteiger partial charge < -0.3 is 9.47 Å². The Labute approximate surface area is 146 Å². The van der Waals surface area contributed by atoms with E-state index in [1.165, 1.54) is 41.2 Å². The Morgan fingerprint density at radius 2 is 1.84 bits per heavy atom. The summed E-state index contributed by atoms with van der Waals surface area (Å²) in [5.74, 6) is 1.33. The molecule has 0 spiro atoms. The molecular weight excluding hydrogens is 318 g/mol. The summed E-state index contributed by atoms with van der Waals surface area (Å²) in [7, 11) is 1.71. The Hall–Kier alpha value is -2.05. The lowest BCUT2D eigenvalue weighted by Crippen LogP contribution is -2.45. The largest absolute Gasteiger partial charge is 0.339 e. The molecule has 1 atom stereocenters. The van der Waals surface area contributed by atoms with E-state index >= 15 is 0 Å². The van der Waals surface area contributed by atoms with Gasteiger partial charge in [-0.05, 0) is 25.7 Å². The molecule has 0 bridgehead atoms. The minimum Gasteiger partial charge on any atom is -0.339 e. The van der Waals surface area contributed by atoms with Crippen molar-refractivity contribution in [3.8, 4) is 0 Å². The average Bonchev–Trinajstić information content (AvgIpc) is 3.00. The molecule has 0 N–H and O–H groups in total. The smallest absolute Gasteiger partial charge is 0.332 e. The summed E-state index contributed by atoms with van der Waals surface area (Å²) < 4.78 is 4.89. The molecule has 1 aliphatic heterocycles. The highest BCUT2D eigenvalue weighted by Gasteiger charge is 2.33. The summed E-state index contributed by atoms with van der Waals surface area (Å²) >= 11 is 0. The van der Waals surface area contributed by atoms with Crippen molar-refractivity contribution in [2.45, 2.75) is 65.1 Å². The van der Waals surface area contributed by atoms with Gasteiger partial charge in [0.2, 0.25) is 5.95 Å². The molecule has 4 rings (SSSR count). The number of hydrogen-bond acceptors (Lipinski definition) is 4. The van der Waals surface area contributed by atoms with Crippen LogP contribution in [0.4, 0.5) is 5.95 Å². The molecule has 25 heavy (non-hydrogen) atoms. The summed E-state index contributed by atoms with van der Waals surface area (Å²) in [6.07, 6.45) is 6.21. The van der Waals surface area contributed by atoms with Crippen LogP contribution in [-0.2, 0) is 20.1 Å². The zero-order valence-corrected chi connectivity index (χ0v) is 15.4. The summed E-state index contributed by atoms with van der Waals surface area (Å²) in [6.45, 7) is 6.20. The molecule has 2 aliphatic rings. The van der Waals surface area contributed by atoms with Gasteiger partial charge in [-0.3, -0.25) is 13.9 Å². The SMILES string of the molecule is CCn1c(=O)c2c(nc3n2CC(C)CN3C2CCCCC2)n(C)c1=O. The summed E-state index contributed by atoms with van der Waals surface area (Å²) in [4.78, 5) is 32.6. The van der Waals surface area contributed by atoms with E-state index in [9.17, 15) is 9.59 Å². The van der Waals surface area contributed by atoms with Crippen molar-refractivity contribution in [2.24, 2.45) is 13.0 Å². The van der Waals surface area contributed by atoms with E-state index in [0.717, 1.165) is 19.0 Å². The van der Waals surface area contributed by atoms with Crippen LogP contribution in [0.5, 0.6) is 0 Å². The number of nitrogens with zero attached hydrogens (tertiary/aromatic N) is 5. The van der Waals surface area contributed by atoms with E-state index in [0.29, 0.717) is 29.7 Å². The Kier molecular flexibility index (Phi) is 3.96. The predicted octanol–water partition coefficient (Wildman–Crippen LogP) is 1.71. The zero-order chi connectivity index (χ0) is 17.7. The molecule has 3 heterocycles. The molecule has 7 heteroatoms. The molecule has 0 radical (unpaired) electrons. The number of aromatic nitrogens is 4. The third-order valence-electron chi connectivity index (χ3n) is 5.80. The topological polar surface area (TPSA) is 65.1 Å². The van der Waals surface area contributed by atoms with Crippen LogP contribution in [0.1, 0.15) is 46.0 Å². The van der Waals surface area contributed by atoms with Crippen LogP contribution >= 0.6 is 0 Å². The first-order valence-corrected chi connectivity index (χ1v) is 9.49. The maximum atomic E-state index is 12.9. The van der Waals surface area contributed by atoms with Gasteiger partial charge in [0, 0.05) is 32.7 Å². The van der Waals surface area contributed by atoms with Crippen molar-refractivity contribution < 1.29 is 0 Å². The van der Waals surface area contributed by atoms with Crippen molar-refractivity contribution in [3.05, 3.63) is 20.8 Å². The lowest BCUT2D eigenvalue weighted by atomic mass is 9.93. The molecule has 2 aromatic heterocycles. The quantitative estimate of drug-likeness (QED) is 0.831. The van der Waals surface area contributed by atoms with Crippen LogP contribution in [0.15, 0.2) is 9.59 Å². The van der Waals surface area contributed by atoms with Crippen LogP contribution in [0.2, 0.25) is 0 Å². The predicted molar refractivity (Wildman–Crippen MR) is 98.3 cm³/mol. The summed E-state index contributed by atoms with van der Waals surface area (Å²) in [6, 6.07) is 0.498. The second-order valence-electron chi connectivity index (χ2n) is 7.63. The number of rotatable bonds is 2. The molecule has 7 nitrogen and oxygen atoms in total. The van der Waals surface area contributed by atoms with Crippen molar-refractivity contribution in [3.63, 3.8) is 0 Å². The molecular formula is C18H27N5O2. The fraction of sp³-hybridized carbons (Fsp3) is 0.722. The van der Waals surface area contributed by atoms with Crippen molar-refractivity contribution in [2.75, 3.05) is 11.4 Å². The highest BCUT2D eigenvalue weighted by molar-refractivity contribution is 5.75. The highest BCUT2D eigenvalue weighted by Crippen LogP contribution is 2.32. The molecule has 0 aromatic carbocycles. The van der Waals surface area contributed by atoms with E-state index in [1.807, 2.05) is 6.92 Å². The molecule has 1 fully saturated rings. The van der Waals surface area contributed by atoms with Gasteiger partial charge in [0.25, 0.3) is 5.56 Å². The lowest BCUT2D eigenvalue weighted by molar-refractivity contribution is 0.354. The standard InChI is InChI=1S/C18H27N5O2/c1-4-21-16(24)14-15(20(3)18(21)25)19-17-22(10-12(2)11-23(14)17)13-8-6-5-7-9-13/h12-13H,4-11H2,1-3H3. The second-order valence-corrected chi connectivity index (χ2v) is 7.63. The Bertz CT molecular complexity index is 916. The maximum absolute atomic E-state index is 12.9. The van der Waals surface area contributed by atoms with Crippen molar-refractivity contribution >= 4 is 17.1 Å². The van der Waals surface area contributed by atoms with E-state index < -0.39 is 0 Å². The van der Waals surface area contributed by atoms with Gasteiger partial charge >= 0.3 is 5.69 Å². The fourth-order valence-corrected chi connectivity index (χ4v) is 4.52. The van der Waals surface area contributed by atoms with Crippen LogP contribution in [0.3, 0.4) is 0 Å². The monoisotopic (exact) mass is 345 g/mol. The molecule has 1 aliphatic carbocycles. The normalized spacial score (nSPS) is 21.7. The van der Waals surface area contributed by atoms with Gasteiger partial charge in [-0.2, -0.15) is 4.98 Å². The number of aryl methyl sites for hydroxylation is 1. The number of fused-ring (bicyclic) bond motifs is 3. The molecule has 2 aromatic rings. The van der Waals surface area contributed by atoms with Crippen LogP contribution in [0.25, 0.3) is 11.2 Å². The number of anilines is 1. The van der Waals surface area contributed by atoms with Crippen LogP contribution in [-0.4, -0.2) is 31.3 Å². The Balaban J connectivity index is 1.95. The number of imidazole rings is 1. The summed E-state index contributed by atoms with van der Waals surface area (Å²) in [5, 5.41) is 0. The van der Waals surface area contributed by atoms with E-state index in [1.54, 1.807) is 7.05 Å². The van der Waals surface area contributed by atoms with Crippen molar-refractivity contribution in [1.29, 1.82) is 0 Å². The maximum Gasteiger partial charge on any atom is 0.332 e. The minimum absolute atomic E-state index is 0.211. The third kappa shape index (κ3) is 2.43. The fourth-order valence-electron chi connectivity index (χ4n) is 4.52.